The molecule has 0 saturated carbocycles. The number of hydrogen-bond acceptors (Lipinski definition) is 6. The summed E-state index contributed by atoms with van der Waals surface area (Å²) < 4.78 is 0.523. The lowest BCUT2D eigenvalue weighted by Crippen LogP contribution is -2.29. The van der Waals surface area contributed by atoms with Crippen LogP contribution in [0.15, 0.2) is 29.2 Å². The van der Waals surface area contributed by atoms with Crippen molar-refractivity contribution in [3.05, 3.63) is 44.8 Å². The van der Waals surface area contributed by atoms with Gasteiger partial charge in [0.1, 0.15) is 4.32 Å². The molecule has 1 heterocycles. The predicted octanol–water partition coefficient (Wildman–Crippen LogP) is 5.39. The number of aliphatic carboxylic acids is 1. The molecule has 1 aliphatic heterocycles. The Labute approximate surface area is 185 Å². The molecular formula is C21H26N2O5S2. The zero-order chi connectivity index (χ0) is 21.9. The molecule has 1 aromatic carbocycles. The maximum atomic E-state index is 12.6. The molecule has 0 bridgehead atoms. The van der Waals surface area contributed by atoms with Crippen LogP contribution >= 0.6 is 24.0 Å². The van der Waals surface area contributed by atoms with Gasteiger partial charge >= 0.3 is 5.97 Å². The number of nitrogens with zero attached hydrogens (tertiary/aromatic N) is 2. The molecule has 2 rings (SSSR count). The Balaban J connectivity index is 1.71. The lowest BCUT2D eigenvalue weighted by molar-refractivity contribution is -0.384. The van der Waals surface area contributed by atoms with Crippen LogP contribution in [0.4, 0.5) is 5.69 Å². The van der Waals surface area contributed by atoms with Crippen LogP contribution in [0.1, 0.15) is 63.4 Å². The lowest BCUT2D eigenvalue weighted by atomic mass is 10.1. The van der Waals surface area contributed by atoms with E-state index in [0.29, 0.717) is 21.3 Å². The summed E-state index contributed by atoms with van der Waals surface area (Å²) in [4.78, 5) is 35.6. The zero-order valence-electron chi connectivity index (χ0n) is 16.7. The first-order chi connectivity index (χ1) is 14.4. The fraction of sp³-hybridized carbons (Fsp3) is 0.476. The number of carbonyl (C=O) groups is 2. The Hall–Kier alpha value is -2.26. The van der Waals surface area contributed by atoms with Gasteiger partial charge < -0.3 is 5.11 Å². The van der Waals surface area contributed by atoms with Crippen LogP contribution in [0.2, 0.25) is 0 Å². The fourth-order valence-corrected chi connectivity index (χ4v) is 4.49. The predicted molar refractivity (Wildman–Crippen MR) is 122 cm³/mol. The van der Waals surface area contributed by atoms with Crippen molar-refractivity contribution in [2.24, 2.45) is 0 Å². The minimum Gasteiger partial charge on any atom is -0.481 e. The second kappa shape index (κ2) is 12.4. The number of hydrogen-bond donors (Lipinski definition) is 1. The average molecular weight is 451 g/mol. The molecule has 7 nitrogen and oxygen atoms in total. The average Bonchev–Trinajstić information content (AvgIpc) is 2.96. The molecule has 0 spiro atoms. The van der Waals surface area contributed by atoms with Gasteiger partial charge in [0, 0.05) is 25.1 Å². The van der Waals surface area contributed by atoms with Gasteiger partial charge in [-0.3, -0.25) is 24.6 Å². The van der Waals surface area contributed by atoms with E-state index < -0.39 is 10.9 Å². The molecule has 1 N–H and O–H groups in total. The Morgan fingerprint density at radius 2 is 1.77 bits per heavy atom. The monoisotopic (exact) mass is 450 g/mol. The smallest absolute Gasteiger partial charge is 0.303 e. The van der Waals surface area contributed by atoms with E-state index in [1.165, 1.54) is 23.9 Å². The fourth-order valence-electron chi connectivity index (χ4n) is 3.18. The summed E-state index contributed by atoms with van der Waals surface area (Å²) in [7, 11) is 0. The van der Waals surface area contributed by atoms with Crippen molar-refractivity contribution in [2.45, 2.75) is 57.8 Å². The number of non-ortho nitro benzene ring substituents is 1. The summed E-state index contributed by atoms with van der Waals surface area (Å²) in [5, 5.41) is 19.5. The highest BCUT2D eigenvalue weighted by molar-refractivity contribution is 8.26. The topological polar surface area (TPSA) is 101 Å². The highest BCUT2D eigenvalue weighted by Gasteiger charge is 2.31. The Kier molecular flexibility index (Phi) is 9.96. The molecule has 1 aromatic rings. The summed E-state index contributed by atoms with van der Waals surface area (Å²) in [6, 6.07) is 6.17. The number of carboxylic acids is 1. The van der Waals surface area contributed by atoms with Crippen molar-refractivity contribution in [3.63, 3.8) is 0 Å². The maximum Gasteiger partial charge on any atom is 0.303 e. The first kappa shape index (κ1) is 24.0. The number of thioether (sulfide) groups is 1. The number of carbonyl (C=O) groups excluding carboxylic acids is 1. The van der Waals surface area contributed by atoms with Crippen LogP contribution < -0.4 is 0 Å². The van der Waals surface area contributed by atoms with E-state index in [9.17, 15) is 19.7 Å². The molecule has 0 radical (unpaired) electrons. The van der Waals surface area contributed by atoms with Crippen molar-refractivity contribution in [3.8, 4) is 0 Å². The summed E-state index contributed by atoms with van der Waals surface area (Å²) in [5.74, 6) is -0.874. The Morgan fingerprint density at radius 1 is 1.13 bits per heavy atom. The van der Waals surface area contributed by atoms with Crippen LogP contribution in [0.25, 0.3) is 6.08 Å². The quantitative estimate of drug-likeness (QED) is 0.141. The van der Waals surface area contributed by atoms with Crippen molar-refractivity contribution in [1.29, 1.82) is 0 Å². The third kappa shape index (κ3) is 7.87. The van der Waals surface area contributed by atoms with E-state index in [1.54, 1.807) is 23.1 Å². The van der Waals surface area contributed by atoms with Crippen molar-refractivity contribution in [1.82, 2.24) is 4.90 Å². The largest absolute Gasteiger partial charge is 0.481 e. The van der Waals surface area contributed by atoms with Gasteiger partial charge in [0.05, 0.1) is 9.83 Å². The molecule has 1 aliphatic rings. The summed E-state index contributed by atoms with van der Waals surface area (Å²) >= 11 is 6.56. The summed E-state index contributed by atoms with van der Waals surface area (Å²) in [5.41, 5.74) is 0.592. The first-order valence-electron chi connectivity index (χ1n) is 10.1. The highest BCUT2D eigenvalue weighted by atomic mass is 32.2. The van der Waals surface area contributed by atoms with E-state index >= 15 is 0 Å². The molecule has 30 heavy (non-hydrogen) atoms. The molecule has 1 saturated heterocycles. The summed E-state index contributed by atoms with van der Waals surface area (Å²) in [6.07, 6.45) is 9.83. The van der Waals surface area contributed by atoms with E-state index in [0.717, 1.165) is 51.4 Å². The standard InChI is InChI=1S/C21H26N2O5S2/c24-19(25)12-7-5-3-1-2-4-6-8-13-22-20(26)18(30-21(22)29)15-16-10-9-11-17(14-16)23(27)28/h9-11,14-15H,1-8,12-13H2,(H,24,25)/b18-15-. The molecular weight excluding hydrogens is 424 g/mol. The Bertz CT molecular complexity index is 825. The molecule has 1 amide bonds. The van der Waals surface area contributed by atoms with Crippen LogP contribution in [0.5, 0.6) is 0 Å². The van der Waals surface area contributed by atoms with Gasteiger partial charge in [0.2, 0.25) is 0 Å². The van der Waals surface area contributed by atoms with Crippen LogP contribution in [0, 0.1) is 10.1 Å². The minimum atomic E-state index is -0.731. The number of thiocarbonyl (C=S) groups is 1. The number of nitro benzene ring substituents is 1. The van der Waals surface area contributed by atoms with Gasteiger partial charge in [-0.15, -0.1) is 0 Å². The highest BCUT2D eigenvalue weighted by Crippen LogP contribution is 2.33. The zero-order valence-corrected chi connectivity index (χ0v) is 18.4. The lowest BCUT2D eigenvalue weighted by Gasteiger charge is -2.14. The number of amides is 1. The van der Waals surface area contributed by atoms with Gasteiger partial charge in [0.15, 0.2) is 0 Å². The maximum absolute atomic E-state index is 12.6. The molecule has 1 fully saturated rings. The van der Waals surface area contributed by atoms with Crippen molar-refractivity contribution >= 4 is 51.9 Å². The molecule has 0 aliphatic carbocycles. The van der Waals surface area contributed by atoms with Crippen LogP contribution in [-0.2, 0) is 9.59 Å². The van der Waals surface area contributed by atoms with E-state index in [4.69, 9.17) is 17.3 Å². The van der Waals surface area contributed by atoms with Crippen molar-refractivity contribution in [2.75, 3.05) is 6.54 Å². The number of benzene rings is 1. The van der Waals surface area contributed by atoms with Gasteiger partial charge in [-0.1, -0.05) is 74.6 Å². The second-order valence-electron chi connectivity index (χ2n) is 7.16. The number of carboxylic acid groups (broad SMARTS) is 1. The Morgan fingerprint density at radius 3 is 2.40 bits per heavy atom. The van der Waals surface area contributed by atoms with Crippen LogP contribution in [0.3, 0.4) is 0 Å². The normalized spacial score (nSPS) is 15.2. The number of rotatable bonds is 13. The van der Waals surface area contributed by atoms with E-state index in [1.807, 2.05) is 0 Å². The van der Waals surface area contributed by atoms with E-state index in [2.05, 4.69) is 0 Å². The number of nitro groups is 1. The van der Waals surface area contributed by atoms with Gasteiger partial charge in [-0.05, 0) is 24.5 Å². The van der Waals surface area contributed by atoms with Gasteiger partial charge in [-0.25, -0.2) is 0 Å². The van der Waals surface area contributed by atoms with Crippen LogP contribution in [-0.4, -0.2) is 37.7 Å². The third-order valence-electron chi connectivity index (χ3n) is 4.77. The molecule has 0 unspecified atom stereocenters. The molecule has 0 aromatic heterocycles. The van der Waals surface area contributed by atoms with Crippen molar-refractivity contribution < 1.29 is 19.6 Å². The number of unbranched alkanes of at least 4 members (excludes halogenated alkanes) is 7. The third-order valence-corrected chi connectivity index (χ3v) is 6.15. The van der Waals surface area contributed by atoms with Gasteiger partial charge in [-0.2, -0.15) is 0 Å². The molecule has 0 atom stereocenters. The first-order valence-corrected chi connectivity index (χ1v) is 11.3. The van der Waals surface area contributed by atoms with Gasteiger partial charge in [0.25, 0.3) is 11.6 Å². The second-order valence-corrected chi connectivity index (χ2v) is 8.83. The molecule has 9 heteroatoms. The van der Waals surface area contributed by atoms with E-state index in [-0.39, 0.29) is 18.0 Å². The SMILES string of the molecule is O=C(O)CCCCCCCCCCN1C(=O)/C(=C/c2cccc([N+](=O)[O-])c2)SC1=S. The minimum absolute atomic E-state index is 0.0129. The molecule has 162 valence electrons. The summed E-state index contributed by atoms with van der Waals surface area (Å²) in [6.45, 7) is 0.579.